The molecule has 0 aliphatic heterocycles. The van der Waals surface area contributed by atoms with Gasteiger partial charge in [0.1, 0.15) is 9.05 Å². The van der Waals surface area contributed by atoms with Crippen LogP contribution in [0.25, 0.3) is 0 Å². The SMILES string of the molecule is O[Si](O)(O)O.[Li+].[Li+].[O-][Si]([O-])(O)O. The minimum absolute atomic E-state index is 0. The van der Waals surface area contributed by atoms with Gasteiger partial charge >= 0.3 is 46.8 Å². The van der Waals surface area contributed by atoms with E-state index >= 15 is 0 Å². The van der Waals surface area contributed by atoms with Gasteiger partial charge in [0, 0.05) is 0 Å². The van der Waals surface area contributed by atoms with E-state index in [-0.39, 0.29) is 37.7 Å². The molecule has 0 aliphatic rings. The summed E-state index contributed by atoms with van der Waals surface area (Å²) in [5.74, 6) is 0. The third kappa shape index (κ3) is 702. The molecule has 0 atom stereocenters. The number of hydrogen-bond acceptors (Lipinski definition) is 8. The standard InChI is InChI=1S/2Li.H4O4Si.H2O4Si/c;;2*1-5(2,3)4/h;;1-4H;1-2H/q2*+1;;-2. The van der Waals surface area contributed by atoms with E-state index < -0.39 is 18.1 Å². The maximum absolute atomic E-state index is 8.80. The summed E-state index contributed by atoms with van der Waals surface area (Å²) in [7, 11) is -9.72. The first kappa shape index (κ1) is 23.3. The molecule has 0 aromatic carbocycles. The van der Waals surface area contributed by atoms with Crippen LogP contribution in [0.2, 0.25) is 0 Å². The molecule has 0 unspecified atom stereocenters. The largest absolute Gasteiger partial charge is 1.00 e. The molecule has 0 amide bonds. The third-order valence-electron chi connectivity index (χ3n) is 0. The molecule has 0 saturated heterocycles. The zero-order chi connectivity index (χ0) is 9.00. The molecule has 0 aliphatic carbocycles. The van der Waals surface area contributed by atoms with Crippen LogP contribution < -0.4 is 47.3 Å². The number of hydrogen-bond donors (Lipinski definition) is 6. The van der Waals surface area contributed by atoms with E-state index in [1.165, 1.54) is 0 Å². The van der Waals surface area contributed by atoms with Crippen molar-refractivity contribution < 1.29 is 76.1 Å². The number of rotatable bonds is 0. The average molecular weight is 204 g/mol. The molecule has 0 heterocycles. The van der Waals surface area contributed by atoms with E-state index in [9.17, 15) is 0 Å². The molecule has 0 fully saturated rings. The fourth-order valence-electron chi connectivity index (χ4n) is 0. The van der Waals surface area contributed by atoms with Crippen molar-refractivity contribution >= 4 is 18.1 Å². The van der Waals surface area contributed by atoms with Gasteiger partial charge in [-0.1, -0.05) is 0 Å². The second-order valence-electron chi connectivity index (χ2n) is 1.15. The second-order valence-corrected chi connectivity index (χ2v) is 3.45. The summed E-state index contributed by atoms with van der Waals surface area (Å²) < 4.78 is 0. The summed E-state index contributed by atoms with van der Waals surface area (Å²) in [5.41, 5.74) is 0. The van der Waals surface area contributed by atoms with E-state index in [0.29, 0.717) is 0 Å². The van der Waals surface area contributed by atoms with Crippen LogP contribution in [0.1, 0.15) is 0 Å². The Hall–Kier alpha value is 1.31. The van der Waals surface area contributed by atoms with Gasteiger partial charge in [-0.3, -0.25) is 0 Å². The predicted octanol–water partition coefficient (Wildman–Crippen LogP) is -12.5. The van der Waals surface area contributed by atoms with Crippen LogP contribution in [0.15, 0.2) is 0 Å². The maximum Gasteiger partial charge on any atom is 1.00 e. The topological polar surface area (TPSA) is 168 Å². The summed E-state index contributed by atoms with van der Waals surface area (Å²) in [6.07, 6.45) is 0. The monoisotopic (exact) mass is 204 g/mol. The van der Waals surface area contributed by atoms with Crippen molar-refractivity contribution in [2.45, 2.75) is 0 Å². The quantitative estimate of drug-likeness (QED) is 0.211. The maximum atomic E-state index is 8.80. The van der Waals surface area contributed by atoms with Crippen LogP contribution in [0, 0.1) is 0 Å². The van der Waals surface area contributed by atoms with E-state index in [2.05, 4.69) is 0 Å². The normalized spacial score (nSPS) is 10.0. The molecule has 0 rings (SSSR count). The average Bonchev–Trinajstić information content (AvgIpc) is 1.12. The molecule has 0 aromatic heterocycles. The zero-order valence-corrected chi connectivity index (χ0v) is 8.50. The van der Waals surface area contributed by atoms with Gasteiger partial charge in [-0.2, -0.15) is 0 Å². The fraction of sp³-hybridized carbons (Fsp3) is 0. The van der Waals surface area contributed by atoms with E-state index in [0.717, 1.165) is 0 Å². The Balaban J connectivity index is -0.0000000457. The molecule has 0 spiro atoms. The van der Waals surface area contributed by atoms with Crippen molar-refractivity contribution in [2.75, 3.05) is 0 Å². The van der Waals surface area contributed by atoms with Crippen LogP contribution in [0.3, 0.4) is 0 Å². The first-order valence-electron chi connectivity index (χ1n) is 1.75. The summed E-state index contributed by atoms with van der Waals surface area (Å²) in [6.45, 7) is 0. The van der Waals surface area contributed by atoms with Crippen molar-refractivity contribution in [1.82, 2.24) is 0 Å². The van der Waals surface area contributed by atoms with Crippen LogP contribution in [-0.2, 0) is 0 Å². The van der Waals surface area contributed by atoms with Crippen LogP contribution in [0.4, 0.5) is 0 Å². The Morgan fingerprint density at radius 3 is 0.667 bits per heavy atom. The molecular formula is H6Li2O8Si2. The Bertz CT molecular complexity index is 58.0. The molecule has 12 heavy (non-hydrogen) atoms. The first-order valence-corrected chi connectivity index (χ1v) is 5.25. The molecule has 8 nitrogen and oxygen atoms in total. The van der Waals surface area contributed by atoms with E-state index in [4.69, 9.17) is 38.4 Å². The Morgan fingerprint density at radius 2 is 0.667 bits per heavy atom. The van der Waals surface area contributed by atoms with Crippen molar-refractivity contribution in [3.05, 3.63) is 0 Å². The Labute approximate surface area is 94.1 Å². The van der Waals surface area contributed by atoms with Crippen molar-refractivity contribution in [1.29, 1.82) is 0 Å². The minimum atomic E-state index is -5.11. The van der Waals surface area contributed by atoms with Gasteiger partial charge in [0.15, 0.2) is 0 Å². The molecular weight excluding hydrogens is 198 g/mol. The van der Waals surface area contributed by atoms with Gasteiger partial charge in [0.25, 0.3) is 0 Å². The second kappa shape index (κ2) is 8.89. The summed E-state index contributed by atoms with van der Waals surface area (Å²) in [5, 5.41) is 0. The first-order chi connectivity index (χ1) is 4.00. The molecule has 0 saturated carbocycles. The molecule has 0 radical (unpaired) electrons. The van der Waals surface area contributed by atoms with Crippen molar-refractivity contribution in [3.63, 3.8) is 0 Å². The fourth-order valence-corrected chi connectivity index (χ4v) is 0. The third-order valence-corrected chi connectivity index (χ3v) is 0. The van der Waals surface area contributed by atoms with Crippen molar-refractivity contribution in [3.8, 4) is 0 Å². The molecule has 0 bridgehead atoms. The van der Waals surface area contributed by atoms with Gasteiger partial charge in [-0.15, -0.1) is 0 Å². The van der Waals surface area contributed by atoms with Crippen LogP contribution in [0.5, 0.6) is 0 Å². The van der Waals surface area contributed by atoms with Gasteiger partial charge in [-0.05, 0) is 0 Å². The van der Waals surface area contributed by atoms with Crippen LogP contribution in [-0.4, -0.2) is 46.9 Å². The summed E-state index contributed by atoms with van der Waals surface area (Å²) in [4.78, 5) is 61.1. The van der Waals surface area contributed by atoms with Gasteiger partial charge < -0.3 is 38.4 Å². The molecule has 0 aromatic rings. The van der Waals surface area contributed by atoms with Gasteiger partial charge in [-0.25, -0.2) is 0 Å². The minimum Gasteiger partial charge on any atom is -0.828 e. The summed E-state index contributed by atoms with van der Waals surface area (Å²) >= 11 is 0. The predicted molar refractivity (Wildman–Crippen MR) is 24.8 cm³/mol. The molecule has 12 heteroatoms. The smallest absolute Gasteiger partial charge is 0.828 e. The van der Waals surface area contributed by atoms with Gasteiger partial charge in [0.05, 0.1) is 0 Å². The molecule has 64 valence electrons. The Kier molecular flexibility index (Phi) is 17.2. The molecule has 6 N–H and O–H groups in total. The van der Waals surface area contributed by atoms with E-state index in [1.54, 1.807) is 0 Å². The van der Waals surface area contributed by atoms with Gasteiger partial charge in [0.2, 0.25) is 0 Å². The Morgan fingerprint density at radius 1 is 0.667 bits per heavy atom. The van der Waals surface area contributed by atoms with Crippen molar-refractivity contribution in [2.24, 2.45) is 0 Å². The summed E-state index contributed by atoms with van der Waals surface area (Å²) in [6, 6.07) is 0. The van der Waals surface area contributed by atoms with Crippen LogP contribution >= 0.6 is 0 Å². The van der Waals surface area contributed by atoms with E-state index in [1.807, 2.05) is 0 Å². The zero-order valence-electron chi connectivity index (χ0n) is 6.50.